The number of anilines is 1. The number of nitrogens with one attached hydrogen (secondary N) is 2. The number of ether oxygens (including phenoxy) is 1. The van der Waals surface area contributed by atoms with Crippen LogP contribution in [-0.2, 0) is 19.2 Å². The van der Waals surface area contributed by atoms with Gasteiger partial charge in [0, 0.05) is 34.7 Å². The predicted octanol–water partition coefficient (Wildman–Crippen LogP) is 4.88. The molecule has 240 valence electrons. The first kappa shape index (κ1) is 30.7. The summed E-state index contributed by atoms with van der Waals surface area (Å²) in [6.07, 6.45) is 2.68. The van der Waals surface area contributed by atoms with Gasteiger partial charge in [0.25, 0.3) is 5.91 Å². The molecule has 7 rings (SSSR count). The molecule has 7 atom stereocenters. The minimum absolute atomic E-state index is 0.0257. The smallest absolute Gasteiger partial charge is 0.305 e. The van der Waals surface area contributed by atoms with Gasteiger partial charge in [0.05, 0.1) is 16.9 Å². The third-order valence-electron chi connectivity index (χ3n) is 10.0. The number of hydrogen-bond acceptors (Lipinski definition) is 8. The molecular weight excluding hydrogens is 627 g/mol. The van der Waals surface area contributed by atoms with Crippen molar-refractivity contribution in [3.8, 4) is 5.75 Å². The lowest BCUT2D eigenvalue weighted by molar-refractivity contribution is -0.141. The quantitative estimate of drug-likeness (QED) is 0.195. The van der Waals surface area contributed by atoms with Crippen LogP contribution in [-0.4, -0.2) is 57.1 Å². The number of thiazole rings is 1. The van der Waals surface area contributed by atoms with E-state index in [0.717, 1.165) is 27.5 Å². The molecule has 3 N–H and O–H groups in total. The first-order valence-electron chi connectivity index (χ1n) is 15.8. The molecule has 12 heteroatoms. The molecule has 2 bridgehead atoms. The van der Waals surface area contributed by atoms with Gasteiger partial charge in [-0.05, 0) is 73.8 Å². The molecular formula is C34H35N3O7S2. The van der Waals surface area contributed by atoms with Crippen LogP contribution in [0, 0.1) is 36.5 Å². The van der Waals surface area contributed by atoms with E-state index in [4.69, 9.17) is 9.84 Å². The molecule has 3 fully saturated rings. The number of carboxylic acids is 1. The number of carboxylic acid groups (broad SMARTS) is 1. The average molecular weight is 662 g/mol. The first-order valence-corrected chi connectivity index (χ1v) is 17.4. The molecule has 1 aromatic heterocycles. The van der Waals surface area contributed by atoms with Crippen LogP contribution in [0.25, 0.3) is 0 Å². The van der Waals surface area contributed by atoms with E-state index in [1.54, 1.807) is 11.8 Å². The van der Waals surface area contributed by atoms with Crippen molar-refractivity contribution < 1.29 is 29.0 Å². The number of H-pyrrole nitrogens is 1. The monoisotopic (exact) mass is 661 g/mol. The number of hydrogen-bond donors (Lipinski definition) is 3. The number of thioether (sulfide) groups is 1. The van der Waals surface area contributed by atoms with Crippen molar-refractivity contribution in [1.82, 2.24) is 9.88 Å². The maximum atomic E-state index is 13.7. The Morgan fingerprint density at radius 1 is 0.978 bits per heavy atom. The lowest BCUT2D eigenvalue weighted by Gasteiger charge is -2.43. The molecule has 1 saturated heterocycles. The minimum Gasteiger partial charge on any atom is -0.484 e. The Balaban J connectivity index is 1.07. The van der Waals surface area contributed by atoms with Crippen molar-refractivity contribution in [2.75, 3.05) is 18.5 Å². The fourth-order valence-corrected chi connectivity index (χ4v) is 11.0. The summed E-state index contributed by atoms with van der Waals surface area (Å²) in [5.41, 5.74) is 2.82. The van der Waals surface area contributed by atoms with E-state index in [2.05, 4.69) is 10.3 Å². The highest BCUT2D eigenvalue weighted by molar-refractivity contribution is 8.00. The Hall–Kier alpha value is -3.90. The third kappa shape index (κ3) is 5.55. The van der Waals surface area contributed by atoms with E-state index >= 15 is 0 Å². The van der Waals surface area contributed by atoms with Crippen LogP contribution in [0.4, 0.5) is 5.69 Å². The fourth-order valence-electron chi connectivity index (χ4n) is 8.15. The molecule has 6 unspecified atom stereocenters. The van der Waals surface area contributed by atoms with E-state index in [0.29, 0.717) is 37.2 Å². The summed E-state index contributed by atoms with van der Waals surface area (Å²) >= 11 is 2.87. The zero-order chi connectivity index (χ0) is 32.1. The summed E-state index contributed by atoms with van der Waals surface area (Å²) in [6, 6.07) is 15.2. The fraction of sp³-hybridized carbons (Fsp3) is 0.441. The van der Waals surface area contributed by atoms with E-state index < -0.39 is 5.97 Å². The zero-order valence-electron chi connectivity index (χ0n) is 25.3. The maximum absolute atomic E-state index is 13.7. The van der Waals surface area contributed by atoms with Crippen LogP contribution in [0.1, 0.15) is 54.0 Å². The molecule has 3 amide bonds. The van der Waals surface area contributed by atoms with E-state index in [-0.39, 0.29) is 76.4 Å². The van der Waals surface area contributed by atoms with E-state index in [1.165, 1.54) is 16.2 Å². The molecule has 3 aromatic rings. The second-order valence-electron chi connectivity index (χ2n) is 12.8. The van der Waals surface area contributed by atoms with Gasteiger partial charge in [-0.15, -0.1) is 11.8 Å². The zero-order valence-corrected chi connectivity index (χ0v) is 26.9. The Bertz CT molecular complexity index is 1730. The van der Waals surface area contributed by atoms with Crippen LogP contribution < -0.4 is 14.9 Å². The number of aromatic nitrogens is 1. The summed E-state index contributed by atoms with van der Waals surface area (Å²) in [4.78, 5) is 68.5. The number of fused-ring (bicyclic) bond motifs is 9. The number of amides is 3. The normalized spacial score (nSPS) is 27.3. The lowest BCUT2D eigenvalue weighted by atomic mass is 9.68. The molecule has 3 heterocycles. The number of unbranched alkanes of at least 4 members (excludes halogenated alkanes) is 2. The number of imide groups is 1. The van der Waals surface area contributed by atoms with Crippen LogP contribution in [0.15, 0.2) is 58.4 Å². The van der Waals surface area contributed by atoms with Crippen molar-refractivity contribution in [1.29, 1.82) is 0 Å². The van der Waals surface area contributed by atoms with Crippen molar-refractivity contribution in [2.24, 2.45) is 29.6 Å². The summed E-state index contributed by atoms with van der Waals surface area (Å²) in [5.74, 6) is -1.36. The Morgan fingerprint density at radius 3 is 2.41 bits per heavy atom. The molecule has 2 aliphatic carbocycles. The maximum Gasteiger partial charge on any atom is 0.305 e. The molecule has 4 aliphatic rings. The van der Waals surface area contributed by atoms with Gasteiger partial charge in [0.2, 0.25) is 11.8 Å². The van der Waals surface area contributed by atoms with Gasteiger partial charge < -0.3 is 20.1 Å². The van der Waals surface area contributed by atoms with Gasteiger partial charge in [-0.2, -0.15) is 0 Å². The van der Waals surface area contributed by atoms with Crippen molar-refractivity contribution in [3.05, 3.63) is 74.2 Å². The number of carbonyl (C=O) groups excluding carboxylic acids is 3. The van der Waals surface area contributed by atoms with Crippen LogP contribution >= 0.6 is 23.1 Å². The number of benzene rings is 2. The van der Waals surface area contributed by atoms with Crippen molar-refractivity contribution in [2.45, 2.75) is 55.2 Å². The van der Waals surface area contributed by atoms with Crippen molar-refractivity contribution in [3.63, 3.8) is 0 Å². The summed E-state index contributed by atoms with van der Waals surface area (Å²) < 4.78 is 5.78. The second-order valence-corrected chi connectivity index (χ2v) is 15.0. The van der Waals surface area contributed by atoms with Crippen LogP contribution in [0.5, 0.6) is 5.75 Å². The first-order chi connectivity index (χ1) is 22.2. The number of likely N-dealkylation sites (tertiary alicyclic amines) is 1. The molecule has 46 heavy (non-hydrogen) atoms. The average Bonchev–Trinajstić information content (AvgIpc) is 3.77. The topological polar surface area (TPSA) is 146 Å². The summed E-state index contributed by atoms with van der Waals surface area (Å²) in [5, 5.41) is 12.7. The molecule has 0 radical (unpaired) electrons. The highest BCUT2D eigenvalue weighted by atomic mass is 32.2. The number of aliphatic carboxylic acids is 1. The number of aromatic amines is 1. The van der Waals surface area contributed by atoms with Crippen LogP contribution in [0.2, 0.25) is 0 Å². The summed E-state index contributed by atoms with van der Waals surface area (Å²) in [6.45, 7) is 2.18. The SMILES string of the molecule is Cc1ccc(NC(=O)COc2ccc([C@H]3c4sc(=O)[nH]c4SC4C5CC(C6C(=O)N(CCCCCC(=O)O)C(=O)C56)C43)cc2)cc1. The molecule has 2 aromatic carbocycles. The lowest BCUT2D eigenvalue weighted by Crippen LogP contribution is -2.42. The second kappa shape index (κ2) is 12.4. The molecule has 2 saturated carbocycles. The molecule has 2 aliphatic heterocycles. The van der Waals surface area contributed by atoms with Gasteiger partial charge >= 0.3 is 10.8 Å². The van der Waals surface area contributed by atoms with E-state index in [9.17, 15) is 24.0 Å². The number of rotatable bonds is 11. The Kier molecular flexibility index (Phi) is 8.26. The Morgan fingerprint density at radius 2 is 1.70 bits per heavy atom. The van der Waals surface area contributed by atoms with Crippen molar-refractivity contribution >= 4 is 52.5 Å². The highest BCUT2D eigenvalue weighted by Crippen LogP contribution is 2.68. The standard InChI is InChI=1S/C34H35N3O7S2/c1-17-6-10-19(11-7-17)35-23(38)16-44-20-12-8-18(9-13-20)25-26-21-15-22(29(26)45-31-30(25)46-34(43)36-31)28-27(21)32(41)37(33(28)42)14-4-2-3-5-24(39)40/h6-13,21-22,25-29H,2-5,14-16H2,1H3,(H,35,38)(H,36,43)(H,39,40)/t21?,22?,25-,26?,27?,28?,29?/m1/s1. The molecule has 0 spiro atoms. The van der Waals surface area contributed by atoms with Gasteiger partial charge in [-0.3, -0.25) is 28.9 Å². The van der Waals surface area contributed by atoms with E-state index in [1.807, 2.05) is 55.5 Å². The largest absolute Gasteiger partial charge is 0.484 e. The highest BCUT2D eigenvalue weighted by Gasteiger charge is 2.69. The Labute approximate surface area is 273 Å². The number of nitrogens with zero attached hydrogens (tertiary/aromatic N) is 1. The van der Waals surface area contributed by atoms with Gasteiger partial charge in [-0.25, -0.2) is 0 Å². The van der Waals surface area contributed by atoms with Crippen LogP contribution in [0.3, 0.4) is 0 Å². The minimum atomic E-state index is -0.840. The van der Waals surface area contributed by atoms with Gasteiger partial charge in [-0.1, -0.05) is 47.6 Å². The van der Waals surface area contributed by atoms with Gasteiger partial charge in [0.1, 0.15) is 5.75 Å². The summed E-state index contributed by atoms with van der Waals surface area (Å²) in [7, 11) is 0. The van der Waals surface area contributed by atoms with Gasteiger partial charge in [0.15, 0.2) is 6.61 Å². The molecule has 10 nitrogen and oxygen atoms in total. The number of aryl methyl sites for hydroxylation is 1. The predicted molar refractivity (Wildman–Crippen MR) is 173 cm³/mol. The third-order valence-corrected chi connectivity index (χ3v) is 12.6. The number of carbonyl (C=O) groups is 4.